The summed E-state index contributed by atoms with van der Waals surface area (Å²) in [6.07, 6.45) is 0.295. The lowest BCUT2D eigenvalue weighted by molar-refractivity contribution is -0.130. The highest BCUT2D eigenvalue weighted by molar-refractivity contribution is 5.76. The molecule has 0 saturated carbocycles. The van der Waals surface area contributed by atoms with Crippen molar-refractivity contribution in [3.63, 3.8) is 0 Å². The van der Waals surface area contributed by atoms with Crippen LogP contribution in [0.5, 0.6) is 11.5 Å². The predicted octanol–water partition coefficient (Wildman–Crippen LogP) is 4.39. The number of carbonyl (C=O) groups excluding carboxylic acids is 1. The topological polar surface area (TPSA) is 77.7 Å². The van der Waals surface area contributed by atoms with Gasteiger partial charge in [0.25, 0.3) is 0 Å². The lowest BCUT2D eigenvalue weighted by atomic mass is 10.1. The van der Waals surface area contributed by atoms with Crippen molar-refractivity contribution in [2.75, 3.05) is 14.2 Å². The fraction of sp³-hybridized carbons (Fsp3) is 0.318. The zero-order valence-electron chi connectivity index (χ0n) is 17.8. The molecule has 1 heterocycles. The molecule has 2 aromatic carbocycles. The van der Waals surface area contributed by atoms with E-state index in [1.807, 2.05) is 0 Å². The largest absolute Gasteiger partial charge is 0.493 e. The van der Waals surface area contributed by atoms with Crippen molar-refractivity contribution in [2.45, 2.75) is 32.9 Å². The number of nitrogens with zero attached hydrogens (tertiary/aromatic N) is 3. The van der Waals surface area contributed by atoms with E-state index in [0.29, 0.717) is 16.7 Å². The molecule has 0 radical (unpaired) electrons. The molecule has 1 aromatic heterocycles. The summed E-state index contributed by atoms with van der Waals surface area (Å²) >= 11 is 0. The molecular weight excluding hydrogens is 427 g/mol. The molecule has 0 spiro atoms. The maximum Gasteiger partial charge on any atom is 0.387 e. The molecule has 0 aliphatic carbocycles. The predicted molar refractivity (Wildman–Crippen MR) is 109 cm³/mol. The summed E-state index contributed by atoms with van der Waals surface area (Å²) in [5, 5.41) is 3.83. The lowest BCUT2D eigenvalue weighted by Gasteiger charge is -2.18. The Morgan fingerprint density at radius 1 is 1.19 bits per heavy atom. The summed E-state index contributed by atoms with van der Waals surface area (Å²) in [5.74, 6) is -0.0238. The van der Waals surface area contributed by atoms with Gasteiger partial charge in [-0.05, 0) is 36.2 Å². The molecule has 0 N–H and O–H groups in total. The highest BCUT2D eigenvalue weighted by Crippen LogP contribution is 2.30. The highest BCUT2D eigenvalue weighted by Gasteiger charge is 2.16. The van der Waals surface area contributed by atoms with E-state index in [1.54, 1.807) is 32.2 Å². The van der Waals surface area contributed by atoms with Crippen molar-refractivity contribution in [3.05, 3.63) is 59.2 Å². The van der Waals surface area contributed by atoms with Crippen molar-refractivity contribution in [3.8, 4) is 22.9 Å². The van der Waals surface area contributed by atoms with E-state index in [0.717, 1.165) is 0 Å². The molecule has 32 heavy (non-hydrogen) atoms. The Kier molecular flexibility index (Phi) is 7.34. The van der Waals surface area contributed by atoms with Gasteiger partial charge in [-0.3, -0.25) is 4.79 Å². The number of rotatable bonds is 9. The lowest BCUT2D eigenvalue weighted by Crippen LogP contribution is -2.26. The van der Waals surface area contributed by atoms with Gasteiger partial charge in [0.15, 0.2) is 11.5 Å². The van der Waals surface area contributed by atoms with Crippen LogP contribution in [-0.2, 0) is 17.8 Å². The highest BCUT2D eigenvalue weighted by atomic mass is 19.3. The summed E-state index contributed by atoms with van der Waals surface area (Å²) in [6, 6.07) is 9.19. The number of ether oxygens (including phenoxy) is 2. The number of hydrogen-bond donors (Lipinski definition) is 0. The third-order valence-electron chi connectivity index (χ3n) is 4.74. The summed E-state index contributed by atoms with van der Waals surface area (Å²) in [5.41, 5.74) is 1.59. The Morgan fingerprint density at radius 2 is 1.97 bits per heavy atom. The Labute approximate surface area is 182 Å². The first kappa shape index (κ1) is 23.1. The van der Waals surface area contributed by atoms with Crippen molar-refractivity contribution in [1.82, 2.24) is 15.0 Å². The van der Waals surface area contributed by atoms with Crippen LogP contribution in [0.4, 0.5) is 13.2 Å². The third kappa shape index (κ3) is 5.77. The third-order valence-corrected chi connectivity index (χ3v) is 4.74. The van der Waals surface area contributed by atoms with Gasteiger partial charge in [-0.2, -0.15) is 13.8 Å². The van der Waals surface area contributed by atoms with Crippen molar-refractivity contribution < 1.29 is 32.0 Å². The molecule has 10 heteroatoms. The molecule has 0 fully saturated rings. The zero-order valence-corrected chi connectivity index (χ0v) is 17.8. The number of carbonyl (C=O) groups is 1. The Balaban J connectivity index is 1.58. The van der Waals surface area contributed by atoms with Crippen LogP contribution < -0.4 is 9.47 Å². The average molecular weight is 449 g/mol. The molecule has 0 aliphatic heterocycles. The van der Waals surface area contributed by atoms with Gasteiger partial charge in [0.2, 0.25) is 17.6 Å². The minimum absolute atomic E-state index is 0.0942. The van der Waals surface area contributed by atoms with E-state index in [4.69, 9.17) is 9.26 Å². The normalized spacial score (nSPS) is 11.0. The van der Waals surface area contributed by atoms with Crippen molar-refractivity contribution >= 4 is 5.91 Å². The van der Waals surface area contributed by atoms with E-state index in [2.05, 4.69) is 14.9 Å². The molecular formula is C22H22F3N3O4. The number of amides is 1. The average Bonchev–Trinajstić information content (AvgIpc) is 3.23. The summed E-state index contributed by atoms with van der Waals surface area (Å²) in [7, 11) is 2.94. The number of aryl methyl sites for hydroxylation is 2. The van der Waals surface area contributed by atoms with Crippen LogP contribution in [0.25, 0.3) is 11.4 Å². The molecule has 7 nitrogen and oxygen atoms in total. The van der Waals surface area contributed by atoms with Gasteiger partial charge in [-0.25, -0.2) is 4.39 Å². The van der Waals surface area contributed by atoms with Gasteiger partial charge in [-0.1, -0.05) is 23.4 Å². The van der Waals surface area contributed by atoms with Crippen LogP contribution in [0.2, 0.25) is 0 Å². The summed E-state index contributed by atoms with van der Waals surface area (Å²) in [4.78, 5) is 18.1. The fourth-order valence-electron chi connectivity index (χ4n) is 2.98. The smallest absolute Gasteiger partial charge is 0.387 e. The summed E-state index contributed by atoms with van der Waals surface area (Å²) < 4.78 is 53.5. The van der Waals surface area contributed by atoms with E-state index in [1.165, 1.54) is 30.2 Å². The van der Waals surface area contributed by atoms with Gasteiger partial charge < -0.3 is 18.9 Å². The van der Waals surface area contributed by atoms with Gasteiger partial charge >= 0.3 is 6.61 Å². The van der Waals surface area contributed by atoms with Crippen molar-refractivity contribution in [2.24, 2.45) is 0 Å². The Bertz CT molecular complexity index is 1090. The van der Waals surface area contributed by atoms with Crippen molar-refractivity contribution in [1.29, 1.82) is 0 Å². The number of aromatic nitrogens is 2. The molecule has 0 bridgehead atoms. The summed E-state index contributed by atoms with van der Waals surface area (Å²) in [6.45, 7) is -1.16. The molecule has 0 saturated heterocycles. The number of halogens is 3. The van der Waals surface area contributed by atoms with Crippen LogP contribution in [0.15, 0.2) is 40.9 Å². The standard InChI is InChI=1S/C22H22F3N3O4/c1-13-4-6-15(11-16(13)23)21-26-19(32-27-21)8-9-20(29)28(2)12-14-5-7-17(30-3)18(10-14)31-22(24)25/h4-7,10-11,22H,8-9,12H2,1-3H3. The van der Waals surface area contributed by atoms with Crippen LogP contribution in [0, 0.1) is 12.7 Å². The maximum absolute atomic E-state index is 13.7. The Hall–Kier alpha value is -3.56. The molecule has 0 unspecified atom stereocenters. The minimum atomic E-state index is -2.99. The monoisotopic (exact) mass is 449 g/mol. The van der Waals surface area contributed by atoms with E-state index < -0.39 is 6.61 Å². The molecule has 3 aromatic rings. The molecule has 0 atom stereocenters. The van der Waals surface area contributed by atoms with E-state index in [9.17, 15) is 18.0 Å². The van der Waals surface area contributed by atoms with E-state index in [-0.39, 0.29) is 54.3 Å². The molecule has 1 amide bonds. The fourth-order valence-corrected chi connectivity index (χ4v) is 2.98. The number of alkyl halides is 2. The SMILES string of the molecule is COc1ccc(CN(C)C(=O)CCc2nc(-c3ccc(C)c(F)c3)no2)cc1OC(F)F. The number of benzene rings is 2. The second kappa shape index (κ2) is 10.2. The first-order valence-electron chi connectivity index (χ1n) is 9.71. The number of methoxy groups -OCH3 is 1. The zero-order chi connectivity index (χ0) is 23.3. The van der Waals surface area contributed by atoms with Gasteiger partial charge in [0.1, 0.15) is 5.82 Å². The van der Waals surface area contributed by atoms with Gasteiger partial charge in [-0.15, -0.1) is 0 Å². The molecule has 3 rings (SSSR count). The second-order valence-corrected chi connectivity index (χ2v) is 7.09. The van der Waals surface area contributed by atoms with Crippen LogP contribution >= 0.6 is 0 Å². The minimum Gasteiger partial charge on any atom is -0.493 e. The first-order chi connectivity index (χ1) is 15.3. The van der Waals surface area contributed by atoms with Gasteiger partial charge in [0, 0.05) is 32.0 Å². The van der Waals surface area contributed by atoms with Crippen LogP contribution in [0.1, 0.15) is 23.4 Å². The van der Waals surface area contributed by atoms with Gasteiger partial charge in [0.05, 0.1) is 7.11 Å². The second-order valence-electron chi connectivity index (χ2n) is 7.09. The maximum atomic E-state index is 13.7. The Morgan fingerprint density at radius 3 is 2.66 bits per heavy atom. The molecule has 170 valence electrons. The quantitative estimate of drug-likeness (QED) is 0.482. The number of hydrogen-bond acceptors (Lipinski definition) is 6. The van der Waals surface area contributed by atoms with Crippen LogP contribution in [-0.4, -0.2) is 41.7 Å². The van der Waals surface area contributed by atoms with E-state index >= 15 is 0 Å². The first-order valence-corrected chi connectivity index (χ1v) is 9.71. The molecule has 0 aliphatic rings. The van der Waals surface area contributed by atoms with Crippen LogP contribution in [0.3, 0.4) is 0 Å².